The van der Waals surface area contributed by atoms with Crippen molar-refractivity contribution in [1.82, 2.24) is 15.2 Å². The summed E-state index contributed by atoms with van der Waals surface area (Å²) in [4.78, 5) is 3.66. The maximum Gasteiger partial charge on any atom is 0.255 e. The lowest BCUT2D eigenvalue weighted by molar-refractivity contribution is 0.979. The topological polar surface area (TPSA) is 74.5 Å². The highest BCUT2D eigenvalue weighted by Gasteiger charge is 1.86. The monoisotopic (exact) mass is 121 g/mol. The normalized spacial score (nSPS) is 7.89. The molecule has 0 saturated heterocycles. The zero-order valence-corrected chi connectivity index (χ0v) is 4.44. The van der Waals surface area contributed by atoms with E-state index >= 15 is 0 Å². The average Bonchev–Trinajstić information content (AvgIpc) is 1.91. The molecule has 1 heterocycles. The molecule has 1 aromatic rings. The van der Waals surface area contributed by atoms with Crippen molar-refractivity contribution in [2.45, 2.75) is 0 Å². The molecule has 0 amide bonds. The predicted molar refractivity (Wildman–Crippen MR) is 29.1 cm³/mol. The summed E-state index contributed by atoms with van der Waals surface area (Å²) in [5.74, 6) is 0.222. The third-order valence-corrected chi connectivity index (χ3v) is 0.650. The first-order valence-corrected chi connectivity index (χ1v) is 2.22. The number of nitriles is 1. The van der Waals surface area contributed by atoms with Gasteiger partial charge in [0.05, 0.1) is 12.4 Å². The number of rotatable bonds is 1. The lowest BCUT2D eigenvalue weighted by Gasteiger charge is -1.87. The average molecular weight is 121 g/mol. The van der Waals surface area contributed by atoms with Gasteiger partial charge in [-0.1, -0.05) is 0 Å². The second-order valence-corrected chi connectivity index (χ2v) is 1.20. The van der Waals surface area contributed by atoms with Crippen molar-refractivity contribution in [3.05, 3.63) is 12.4 Å². The lowest BCUT2D eigenvalue weighted by Crippen LogP contribution is -1.95. The first-order chi connectivity index (χ1) is 4.43. The highest BCUT2D eigenvalue weighted by molar-refractivity contribution is 5.26. The molecule has 0 aromatic carbocycles. The molecule has 0 aliphatic heterocycles. The first-order valence-electron chi connectivity index (χ1n) is 2.22. The van der Waals surface area contributed by atoms with Gasteiger partial charge in [-0.3, -0.25) is 5.32 Å². The van der Waals surface area contributed by atoms with E-state index in [1.54, 1.807) is 6.19 Å². The van der Waals surface area contributed by atoms with Gasteiger partial charge in [0.2, 0.25) is 0 Å². The smallest absolute Gasteiger partial charge is 0.255 e. The molecule has 0 saturated carbocycles. The molecule has 0 unspecified atom stereocenters. The van der Waals surface area contributed by atoms with Crippen LogP contribution in [0.5, 0.6) is 0 Å². The van der Waals surface area contributed by atoms with Gasteiger partial charge in [-0.05, 0) is 0 Å². The number of hydrogen-bond acceptors (Lipinski definition) is 5. The molecule has 9 heavy (non-hydrogen) atoms. The van der Waals surface area contributed by atoms with Crippen LogP contribution in [0, 0.1) is 11.5 Å². The summed E-state index contributed by atoms with van der Waals surface area (Å²) in [7, 11) is 0. The van der Waals surface area contributed by atoms with Gasteiger partial charge in [0.1, 0.15) is 0 Å². The fourth-order valence-electron chi connectivity index (χ4n) is 0.355. The summed E-state index contributed by atoms with van der Waals surface area (Å²) in [5, 5.41) is 17.2. The van der Waals surface area contributed by atoms with Gasteiger partial charge in [-0.25, -0.2) is 4.98 Å². The van der Waals surface area contributed by atoms with E-state index in [0.29, 0.717) is 0 Å². The van der Waals surface area contributed by atoms with Crippen LogP contribution in [0.4, 0.5) is 5.95 Å². The molecule has 0 aliphatic rings. The Morgan fingerprint density at radius 2 is 2.44 bits per heavy atom. The van der Waals surface area contributed by atoms with Crippen LogP contribution < -0.4 is 5.32 Å². The van der Waals surface area contributed by atoms with Gasteiger partial charge >= 0.3 is 0 Å². The van der Waals surface area contributed by atoms with Crippen molar-refractivity contribution in [3.8, 4) is 6.19 Å². The van der Waals surface area contributed by atoms with Crippen LogP contribution in [0.2, 0.25) is 0 Å². The van der Waals surface area contributed by atoms with E-state index in [4.69, 9.17) is 5.26 Å². The van der Waals surface area contributed by atoms with E-state index in [-0.39, 0.29) is 5.95 Å². The molecule has 1 rings (SSSR count). The van der Waals surface area contributed by atoms with E-state index in [1.807, 2.05) is 0 Å². The molecule has 0 fully saturated rings. The van der Waals surface area contributed by atoms with E-state index in [9.17, 15) is 0 Å². The van der Waals surface area contributed by atoms with Gasteiger partial charge in [0.25, 0.3) is 5.95 Å². The molecule has 0 bridgehead atoms. The minimum absolute atomic E-state index is 0.222. The van der Waals surface area contributed by atoms with Crippen LogP contribution in [0.3, 0.4) is 0 Å². The van der Waals surface area contributed by atoms with Gasteiger partial charge in [-0.15, -0.1) is 5.10 Å². The van der Waals surface area contributed by atoms with E-state index in [0.717, 1.165) is 0 Å². The summed E-state index contributed by atoms with van der Waals surface area (Å²) in [5.41, 5.74) is 0. The van der Waals surface area contributed by atoms with Gasteiger partial charge in [-0.2, -0.15) is 10.4 Å². The lowest BCUT2D eigenvalue weighted by atomic mass is 10.8. The second kappa shape index (κ2) is 2.57. The van der Waals surface area contributed by atoms with Crippen LogP contribution in [0.1, 0.15) is 0 Å². The molecule has 5 nitrogen and oxygen atoms in total. The highest BCUT2D eigenvalue weighted by atomic mass is 15.2. The number of nitrogens with zero attached hydrogens (tertiary/aromatic N) is 4. The maximum atomic E-state index is 8.05. The van der Waals surface area contributed by atoms with Gasteiger partial charge in [0.15, 0.2) is 6.19 Å². The number of hydrogen-bond donors (Lipinski definition) is 1. The van der Waals surface area contributed by atoms with Crippen LogP contribution in [-0.4, -0.2) is 15.2 Å². The Balaban J connectivity index is 2.76. The number of aromatic nitrogens is 3. The molecule has 0 aliphatic carbocycles. The van der Waals surface area contributed by atoms with Crippen molar-refractivity contribution in [2.75, 3.05) is 5.32 Å². The standard InChI is InChI=1S/C4H3N5/c5-3-7-4-6-1-2-8-9-4/h1-2H,(H,6,7,9). The fraction of sp³-hybridized carbons (Fsp3) is 0. The Morgan fingerprint density at radius 3 is 3.00 bits per heavy atom. The maximum absolute atomic E-state index is 8.05. The quantitative estimate of drug-likeness (QED) is 0.410. The van der Waals surface area contributed by atoms with Crippen LogP contribution >= 0.6 is 0 Å². The second-order valence-electron chi connectivity index (χ2n) is 1.20. The molecular formula is C4H3N5. The SMILES string of the molecule is N#CNc1nccnn1. The number of nitrogens with one attached hydrogen (secondary N) is 1. The molecule has 5 heteroatoms. The molecule has 1 aromatic heterocycles. The zero-order valence-electron chi connectivity index (χ0n) is 4.44. The molecule has 0 spiro atoms. The summed E-state index contributed by atoms with van der Waals surface area (Å²) in [6, 6.07) is 0. The molecule has 44 valence electrons. The Morgan fingerprint density at radius 1 is 1.56 bits per heavy atom. The Bertz CT molecular complexity index is 212. The minimum atomic E-state index is 0.222. The van der Waals surface area contributed by atoms with E-state index in [2.05, 4.69) is 20.5 Å². The first kappa shape index (κ1) is 5.44. The van der Waals surface area contributed by atoms with E-state index in [1.165, 1.54) is 12.4 Å². The van der Waals surface area contributed by atoms with Gasteiger partial charge < -0.3 is 0 Å². The van der Waals surface area contributed by atoms with Crippen LogP contribution in [0.25, 0.3) is 0 Å². The van der Waals surface area contributed by atoms with Crippen LogP contribution in [-0.2, 0) is 0 Å². The molecule has 0 atom stereocenters. The zero-order chi connectivity index (χ0) is 6.53. The summed E-state index contributed by atoms with van der Waals surface area (Å²) in [6.45, 7) is 0. The summed E-state index contributed by atoms with van der Waals surface area (Å²) >= 11 is 0. The molecule has 0 radical (unpaired) electrons. The van der Waals surface area contributed by atoms with E-state index < -0.39 is 0 Å². The van der Waals surface area contributed by atoms with Crippen molar-refractivity contribution in [1.29, 1.82) is 5.26 Å². The summed E-state index contributed by atoms with van der Waals surface area (Å²) < 4.78 is 0. The number of anilines is 1. The van der Waals surface area contributed by atoms with Crippen molar-refractivity contribution >= 4 is 5.95 Å². The van der Waals surface area contributed by atoms with Gasteiger partial charge in [0, 0.05) is 0 Å². The van der Waals surface area contributed by atoms with Crippen molar-refractivity contribution in [3.63, 3.8) is 0 Å². The Kier molecular flexibility index (Phi) is 1.55. The molecule has 1 N–H and O–H groups in total. The van der Waals surface area contributed by atoms with Crippen molar-refractivity contribution < 1.29 is 0 Å². The third kappa shape index (κ3) is 1.35. The Labute approximate surface area is 51.4 Å². The van der Waals surface area contributed by atoms with Crippen molar-refractivity contribution in [2.24, 2.45) is 0 Å². The highest BCUT2D eigenvalue weighted by Crippen LogP contribution is 1.86. The minimum Gasteiger partial charge on any atom is -0.259 e. The fourth-order valence-corrected chi connectivity index (χ4v) is 0.355. The van der Waals surface area contributed by atoms with Crippen LogP contribution in [0.15, 0.2) is 12.4 Å². The Hall–Kier alpha value is -1.70. The largest absolute Gasteiger partial charge is 0.259 e. The third-order valence-electron chi connectivity index (χ3n) is 0.650. The summed E-state index contributed by atoms with van der Waals surface area (Å²) in [6.07, 6.45) is 4.55. The molecular weight excluding hydrogens is 118 g/mol. The predicted octanol–water partition coefficient (Wildman–Crippen LogP) is -0.235.